The fourth-order valence-electron chi connectivity index (χ4n) is 4.54. The van der Waals surface area contributed by atoms with Crippen LogP contribution in [0, 0.1) is 0 Å². The third-order valence-electron chi connectivity index (χ3n) is 6.28. The molecule has 1 saturated heterocycles. The Morgan fingerprint density at radius 2 is 1.64 bits per heavy atom. The van der Waals surface area contributed by atoms with Gasteiger partial charge < -0.3 is 20.3 Å². The van der Waals surface area contributed by atoms with Gasteiger partial charge in [0.05, 0.1) is 12.1 Å². The van der Waals surface area contributed by atoms with Crippen molar-refractivity contribution >= 4 is 10.9 Å². The minimum atomic E-state index is 0.207. The van der Waals surface area contributed by atoms with Crippen LogP contribution in [0.25, 0.3) is 33.2 Å². The van der Waals surface area contributed by atoms with Gasteiger partial charge in [0, 0.05) is 23.2 Å². The average molecular weight is 441 g/mol. The van der Waals surface area contributed by atoms with Gasteiger partial charge in [0.15, 0.2) is 0 Å². The summed E-state index contributed by atoms with van der Waals surface area (Å²) >= 11 is 0. The minimum Gasteiger partial charge on any atom is -0.508 e. The second-order valence-corrected chi connectivity index (χ2v) is 8.62. The van der Waals surface area contributed by atoms with E-state index in [4.69, 9.17) is 4.74 Å². The summed E-state index contributed by atoms with van der Waals surface area (Å²) in [4.78, 5) is 4.67. The summed E-state index contributed by atoms with van der Waals surface area (Å²) in [5.74, 6) is 1.21. The molecule has 1 aromatic heterocycles. The zero-order valence-corrected chi connectivity index (χ0v) is 18.5. The second-order valence-electron chi connectivity index (χ2n) is 8.62. The highest BCUT2D eigenvalue weighted by Crippen LogP contribution is 2.39. The number of fused-ring (bicyclic) bond motifs is 1. The van der Waals surface area contributed by atoms with Gasteiger partial charge in [0.1, 0.15) is 17.2 Å². The van der Waals surface area contributed by atoms with Crippen LogP contribution in [-0.4, -0.2) is 34.4 Å². The number of hydrogen-bond donors (Lipinski definition) is 3. The number of benzene rings is 3. The molecular weight excluding hydrogens is 412 g/mol. The maximum absolute atomic E-state index is 10.1. The molecule has 1 unspecified atom stereocenters. The summed E-state index contributed by atoms with van der Waals surface area (Å²) in [5, 5.41) is 24.5. The summed E-state index contributed by atoms with van der Waals surface area (Å²) in [5.41, 5.74) is 4.46. The number of rotatable bonds is 6. The van der Waals surface area contributed by atoms with Crippen molar-refractivity contribution in [1.82, 2.24) is 10.3 Å². The first-order valence-corrected chi connectivity index (χ1v) is 11.5. The number of phenolic OH excluding ortho intramolecular Hbond substituents is 2. The molecule has 0 spiro atoms. The van der Waals surface area contributed by atoms with Gasteiger partial charge in [-0.1, -0.05) is 36.8 Å². The van der Waals surface area contributed by atoms with E-state index in [9.17, 15) is 10.2 Å². The largest absolute Gasteiger partial charge is 0.508 e. The molecule has 3 N–H and O–H groups in total. The highest BCUT2D eigenvalue weighted by molar-refractivity contribution is 5.95. The van der Waals surface area contributed by atoms with Crippen molar-refractivity contribution in [3.63, 3.8) is 0 Å². The number of aromatic hydroxyl groups is 2. The van der Waals surface area contributed by atoms with Crippen molar-refractivity contribution in [2.45, 2.75) is 31.7 Å². The third-order valence-corrected chi connectivity index (χ3v) is 6.28. The van der Waals surface area contributed by atoms with E-state index >= 15 is 0 Å². The van der Waals surface area contributed by atoms with Crippen molar-refractivity contribution in [2.75, 3.05) is 13.2 Å². The van der Waals surface area contributed by atoms with Crippen molar-refractivity contribution in [3.05, 3.63) is 72.9 Å². The molecule has 4 aromatic rings. The predicted octanol–water partition coefficient (Wildman–Crippen LogP) is 5.89. The molecule has 0 aliphatic carbocycles. The SMILES string of the molecule is Oc1cccc(-c2ccc3ncc(-c4cccc(O)c4)c(OCCC4CCCCN4)c3c2)c1. The number of piperidine rings is 1. The number of nitrogens with one attached hydrogen (secondary N) is 1. The van der Waals surface area contributed by atoms with Gasteiger partial charge in [-0.15, -0.1) is 0 Å². The minimum absolute atomic E-state index is 0.207. The number of ether oxygens (including phenoxy) is 1. The van der Waals surface area contributed by atoms with Crippen LogP contribution >= 0.6 is 0 Å². The average Bonchev–Trinajstić information content (AvgIpc) is 2.84. The molecule has 0 radical (unpaired) electrons. The monoisotopic (exact) mass is 440 g/mol. The van der Waals surface area contributed by atoms with E-state index in [1.165, 1.54) is 19.3 Å². The Bertz CT molecular complexity index is 1260. The smallest absolute Gasteiger partial charge is 0.138 e. The number of aromatic nitrogens is 1. The topological polar surface area (TPSA) is 74.6 Å². The van der Waals surface area contributed by atoms with Crippen LogP contribution in [0.15, 0.2) is 72.9 Å². The van der Waals surface area contributed by atoms with Crippen LogP contribution in [-0.2, 0) is 0 Å². The molecule has 1 fully saturated rings. The molecule has 0 bridgehead atoms. The molecule has 0 saturated carbocycles. The molecule has 1 aliphatic rings. The normalized spacial score (nSPS) is 16.1. The number of hydrogen-bond acceptors (Lipinski definition) is 5. The molecular formula is C28H28N2O3. The Balaban J connectivity index is 1.56. The van der Waals surface area contributed by atoms with Crippen LogP contribution in [0.2, 0.25) is 0 Å². The third kappa shape index (κ3) is 4.78. The molecule has 0 amide bonds. The first-order valence-electron chi connectivity index (χ1n) is 11.5. The van der Waals surface area contributed by atoms with Crippen LogP contribution in [0.1, 0.15) is 25.7 Å². The molecule has 33 heavy (non-hydrogen) atoms. The zero-order chi connectivity index (χ0) is 22.6. The number of pyridine rings is 1. The van der Waals surface area contributed by atoms with Gasteiger partial charge >= 0.3 is 0 Å². The summed E-state index contributed by atoms with van der Waals surface area (Å²) in [7, 11) is 0. The summed E-state index contributed by atoms with van der Waals surface area (Å²) in [6.07, 6.45) is 6.44. The maximum Gasteiger partial charge on any atom is 0.138 e. The van der Waals surface area contributed by atoms with E-state index in [0.717, 1.165) is 51.9 Å². The van der Waals surface area contributed by atoms with Crippen LogP contribution in [0.3, 0.4) is 0 Å². The quantitative estimate of drug-likeness (QED) is 0.349. The first kappa shape index (κ1) is 21.3. The highest BCUT2D eigenvalue weighted by Gasteiger charge is 2.16. The lowest BCUT2D eigenvalue weighted by Crippen LogP contribution is -2.35. The van der Waals surface area contributed by atoms with Gasteiger partial charge in [-0.2, -0.15) is 0 Å². The standard InChI is InChI=1S/C28H28N2O3/c31-23-8-3-5-19(15-23)20-10-11-27-25(17-20)28(33-14-12-22-7-1-2-13-29-22)26(18-30-27)21-6-4-9-24(32)16-21/h3-6,8-11,15-18,22,29,31-32H,1-2,7,12-14H2. The molecule has 168 valence electrons. The molecule has 2 heterocycles. The van der Waals surface area contributed by atoms with Gasteiger partial charge in [-0.25, -0.2) is 0 Å². The molecule has 5 nitrogen and oxygen atoms in total. The van der Waals surface area contributed by atoms with E-state index < -0.39 is 0 Å². The molecule has 3 aromatic carbocycles. The van der Waals surface area contributed by atoms with Crippen LogP contribution in [0.4, 0.5) is 0 Å². The maximum atomic E-state index is 10.1. The van der Waals surface area contributed by atoms with E-state index in [1.54, 1.807) is 24.3 Å². The van der Waals surface area contributed by atoms with Gasteiger partial charge in [0.25, 0.3) is 0 Å². The fraction of sp³-hybridized carbons (Fsp3) is 0.250. The molecule has 5 heteroatoms. The summed E-state index contributed by atoms with van der Waals surface area (Å²) in [6, 6.07) is 21.0. The Labute approximate surface area is 193 Å². The Morgan fingerprint density at radius 1 is 0.879 bits per heavy atom. The Morgan fingerprint density at radius 3 is 2.39 bits per heavy atom. The molecule has 5 rings (SSSR count). The van der Waals surface area contributed by atoms with E-state index in [1.807, 2.05) is 42.6 Å². The zero-order valence-electron chi connectivity index (χ0n) is 18.5. The van der Waals surface area contributed by atoms with Crippen molar-refractivity contribution in [3.8, 4) is 39.5 Å². The lowest BCUT2D eigenvalue weighted by molar-refractivity contribution is 0.271. The van der Waals surface area contributed by atoms with Gasteiger partial charge in [-0.3, -0.25) is 4.98 Å². The van der Waals surface area contributed by atoms with Crippen molar-refractivity contribution in [1.29, 1.82) is 0 Å². The number of nitrogens with zero attached hydrogens (tertiary/aromatic N) is 1. The van der Waals surface area contributed by atoms with E-state index in [-0.39, 0.29) is 11.5 Å². The Kier molecular flexibility index (Phi) is 6.13. The second kappa shape index (κ2) is 9.51. The summed E-state index contributed by atoms with van der Waals surface area (Å²) < 4.78 is 6.45. The van der Waals surface area contributed by atoms with Crippen LogP contribution in [0.5, 0.6) is 17.2 Å². The lowest BCUT2D eigenvalue weighted by Gasteiger charge is -2.24. The van der Waals surface area contributed by atoms with E-state index in [2.05, 4.69) is 16.4 Å². The van der Waals surface area contributed by atoms with Gasteiger partial charge in [-0.05, 0) is 78.9 Å². The lowest BCUT2D eigenvalue weighted by atomic mass is 9.99. The van der Waals surface area contributed by atoms with Crippen molar-refractivity contribution < 1.29 is 14.9 Å². The van der Waals surface area contributed by atoms with E-state index in [0.29, 0.717) is 12.6 Å². The van der Waals surface area contributed by atoms with Crippen molar-refractivity contribution in [2.24, 2.45) is 0 Å². The highest BCUT2D eigenvalue weighted by atomic mass is 16.5. The fourth-order valence-corrected chi connectivity index (χ4v) is 4.54. The van der Waals surface area contributed by atoms with Gasteiger partial charge in [0.2, 0.25) is 0 Å². The Hall–Kier alpha value is -3.57. The summed E-state index contributed by atoms with van der Waals surface area (Å²) in [6.45, 7) is 1.67. The number of phenols is 2. The molecule has 1 atom stereocenters. The first-order chi connectivity index (χ1) is 16.2. The van der Waals surface area contributed by atoms with Crippen LogP contribution < -0.4 is 10.1 Å². The molecule has 1 aliphatic heterocycles. The predicted molar refractivity (Wildman–Crippen MR) is 132 cm³/mol.